The van der Waals surface area contributed by atoms with Crippen LogP contribution in [0.2, 0.25) is 5.02 Å². The van der Waals surface area contributed by atoms with E-state index < -0.39 is 17.9 Å². The van der Waals surface area contributed by atoms with E-state index in [1.807, 2.05) is 25.1 Å². The fraction of sp³-hybridized carbons (Fsp3) is 0.364. The Balaban J connectivity index is 0.000000151. The number of aliphatic hydroxyl groups excluding tert-OH is 1. The van der Waals surface area contributed by atoms with Crippen LogP contribution in [0.4, 0.5) is 15.8 Å². The summed E-state index contributed by atoms with van der Waals surface area (Å²) in [6, 6.07) is 14.4. The summed E-state index contributed by atoms with van der Waals surface area (Å²) in [4.78, 5) is 13.4. The number of likely N-dealkylation sites (N-methyl/N-ethyl adjacent to an activating group) is 1. The largest absolute Gasteiger partial charge is 0.493 e. The first-order valence-corrected chi connectivity index (χ1v) is 14.5. The van der Waals surface area contributed by atoms with Gasteiger partial charge in [-0.15, -0.1) is 0 Å². The molecule has 42 heavy (non-hydrogen) atoms. The number of carboxylic acid groups (broad SMARTS) is 1. The number of rotatable bonds is 5. The molecule has 2 bridgehead atoms. The van der Waals surface area contributed by atoms with Crippen LogP contribution in [-0.4, -0.2) is 60.0 Å². The van der Waals surface area contributed by atoms with Crippen LogP contribution in [0.25, 0.3) is 0 Å². The molecule has 5 atom stereocenters. The van der Waals surface area contributed by atoms with Crippen molar-refractivity contribution in [2.45, 2.75) is 49.9 Å². The molecule has 3 N–H and O–H groups in total. The summed E-state index contributed by atoms with van der Waals surface area (Å²) < 4.78 is 25.6. The van der Waals surface area contributed by atoms with Crippen molar-refractivity contribution in [3.05, 3.63) is 93.8 Å². The zero-order valence-electron chi connectivity index (χ0n) is 23.7. The van der Waals surface area contributed by atoms with E-state index in [9.17, 15) is 14.3 Å². The quantitative estimate of drug-likeness (QED) is 0.329. The highest BCUT2D eigenvalue weighted by Gasteiger charge is 2.64. The Morgan fingerprint density at radius 2 is 2.05 bits per heavy atom. The molecule has 4 aliphatic rings. The van der Waals surface area contributed by atoms with Crippen LogP contribution in [0, 0.1) is 18.7 Å². The van der Waals surface area contributed by atoms with Gasteiger partial charge in [0.2, 0.25) is 0 Å². The summed E-state index contributed by atoms with van der Waals surface area (Å²) in [5.41, 5.74) is 4.80. The Morgan fingerprint density at radius 1 is 1.24 bits per heavy atom. The number of piperidine rings is 1. The lowest BCUT2D eigenvalue weighted by molar-refractivity contribution is -0.136. The number of likely N-dealkylation sites (tertiary alicyclic amines) is 1. The van der Waals surface area contributed by atoms with E-state index in [0.717, 1.165) is 36.4 Å². The predicted molar refractivity (Wildman–Crippen MR) is 160 cm³/mol. The number of benzene rings is 3. The third kappa shape index (κ3) is 4.62. The summed E-state index contributed by atoms with van der Waals surface area (Å²) in [5.74, 6) is 0.657. The van der Waals surface area contributed by atoms with Gasteiger partial charge in [0.15, 0.2) is 11.5 Å². The standard InChI is InChI=1S/C18H21NO3.C15H13ClFNO2/c1-19-8-7-18-11-4-5-13(20)17(18)22-16-14(21-2)6-3-10(15(16)18)9-12(11)19;1-9-5-6-13(10(7-9)8-14(19)20)18-15-11(16)3-2-4-12(15)17/h3-6,11-13,17,20H,7-9H2,1-2H3;2-7,18H,8H2,1H3,(H,19,20)/t11-,12+,13-,17-,18-;/m0./s1. The van der Waals surface area contributed by atoms with E-state index >= 15 is 0 Å². The number of aryl methyl sites for hydroxylation is 1. The molecule has 0 saturated carbocycles. The highest BCUT2D eigenvalue weighted by Crippen LogP contribution is 2.62. The van der Waals surface area contributed by atoms with E-state index in [0.29, 0.717) is 23.2 Å². The van der Waals surface area contributed by atoms with E-state index in [-0.39, 0.29) is 28.6 Å². The highest BCUT2D eigenvalue weighted by atomic mass is 35.5. The Labute approximate surface area is 249 Å². The SMILES string of the molecule is COc1ccc2c3c1O[C@H]1[C@@H](O)C=C[C@H]4[C@@H](C2)N(C)CC[C@@]341.Cc1ccc(Nc2c(F)cccc2Cl)c(CC(=O)O)c1. The number of methoxy groups -OCH3 is 1. The average molecular weight is 593 g/mol. The number of nitrogens with one attached hydrogen (secondary N) is 1. The fourth-order valence-corrected chi connectivity index (χ4v) is 7.50. The second kappa shape index (κ2) is 10.9. The molecule has 2 aliphatic carbocycles. The zero-order valence-corrected chi connectivity index (χ0v) is 24.5. The third-order valence-corrected chi connectivity index (χ3v) is 9.49. The minimum absolute atomic E-state index is 0.0806. The van der Waals surface area contributed by atoms with E-state index in [1.54, 1.807) is 25.3 Å². The number of hydrogen-bond acceptors (Lipinski definition) is 6. The molecule has 7 rings (SSSR count). The van der Waals surface area contributed by atoms with Crippen molar-refractivity contribution >= 4 is 28.9 Å². The number of aliphatic hydroxyl groups is 1. The number of carbonyl (C=O) groups is 1. The van der Waals surface area contributed by atoms with Gasteiger partial charge in [-0.2, -0.15) is 0 Å². The van der Waals surface area contributed by atoms with Crippen LogP contribution in [0.15, 0.2) is 60.7 Å². The van der Waals surface area contributed by atoms with Crippen LogP contribution in [0.5, 0.6) is 11.5 Å². The monoisotopic (exact) mass is 592 g/mol. The first-order valence-electron chi connectivity index (χ1n) is 14.1. The van der Waals surface area contributed by atoms with Crippen molar-refractivity contribution in [3.8, 4) is 11.5 Å². The normalized spacial score (nSPS) is 26.4. The second-order valence-corrected chi connectivity index (χ2v) is 12.0. The smallest absolute Gasteiger partial charge is 0.307 e. The number of para-hydroxylation sites is 1. The Kier molecular flexibility index (Phi) is 7.41. The Hall–Kier alpha value is -3.59. The van der Waals surface area contributed by atoms with Crippen molar-refractivity contribution < 1.29 is 28.9 Å². The molecule has 2 aliphatic heterocycles. The number of hydrogen-bond donors (Lipinski definition) is 3. The topological polar surface area (TPSA) is 91.3 Å². The van der Waals surface area contributed by atoms with Gasteiger partial charge in [-0.1, -0.05) is 53.6 Å². The maximum absolute atomic E-state index is 13.7. The molecule has 1 fully saturated rings. The van der Waals surface area contributed by atoms with Gasteiger partial charge in [0.05, 0.1) is 24.2 Å². The summed E-state index contributed by atoms with van der Waals surface area (Å²) in [6.45, 7) is 2.92. The summed E-state index contributed by atoms with van der Waals surface area (Å²) in [6.07, 6.45) is 5.39. The first kappa shape index (κ1) is 28.5. The molecule has 9 heteroatoms. The lowest BCUT2D eigenvalue weighted by Crippen LogP contribution is -2.64. The van der Waals surface area contributed by atoms with Crippen molar-refractivity contribution in [3.63, 3.8) is 0 Å². The van der Waals surface area contributed by atoms with E-state index in [4.69, 9.17) is 26.2 Å². The van der Waals surface area contributed by atoms with Gasteiger partial charge in [0, 0.05) is 28.6 Å². The van der Waals surface area contributed by atoms with Gasteiger partial charge in [-0.3, -0.25) is 4.79 Å². The van der Waals surface area contributed by atoms with Crippen LogP contribution >= 0.6 is 11.6 Å². The van der Waals surface area contributed by atoms with Gasteiger partial charge >= 0.3 is 5.97 Å². The van der Waals surface area contributed by atoms with Crippen molar-refractivity contribution in [1.29, 1.82) is 0 Å². The number of nitrogens with zero attached hydrogens (tertiary/aromatic N) is 1. The number of anilines is 2. The zero-order chi connectivity index (χ0) is 29.8. The minimum atomic E-state index is -0.946. The van der Waals surface area contributed by atoms with E-state index in [2.05, 4.69) is 29.4 Å². The molecule has 2 heterocycles. The van der Waals surface area contributed by atoms with Gasteiger partial charge in [0.25, 0.3) is 0 Å². The maximum atomic E-state index is 13.7. The molecule has 1 spiro atoms. The lowest BCUT2D eigenvalue weighted by atomic mass is 9.53. The van der Waals surface area contributed by atoms with Crippen LogP contribution in [-0.2, 0) is 23.1 Å². The van der Waals surface area contributed by atoms with Crippen molar-refractivity contribution in [1.82, 2.24) is 4.90 Å². The molecule has 0 radical (unpaired) electrons. The van der Waals surface area contributed by atoms with E-state index in [1.165, 1.54) is 23.3 Å². The van der Waals surface area contributed by atoms with Crippen LogP contribution in [0.3, 0.4) is 0 Å². The molecule has 0 unspecified atom stereocenters. The molecular weight excluding hydrogens is 559 g/mol. The third-order valence-electron chi connectivity index (χ3n) is 9.18. The van der Waals surface area contributed by atoms with Crippen molar-refractivity contribution in [2.75, 3.05) is 26.0 Å². The van der Waals surface area contributed by atoms with Crippen LogP contribution < -0.4 is 14.8 Å². The van der Waals surface area contributed by atoms with Gasteiger partial charge in [-0.25, -0.2) is 4.39 Å². The second-order valence-electron chi connectivity index (χ2n) is 11.6. The Bertz CT molecular complexity index is 1560. The molecule has 0 amide bonds. The average Bonchev–Trinajstić information content (AvgIpc) is 3.31. The van der Waals surface area contributed by atoms with Crippen molar-refractivity contribution in [2.24, 2.45) is 5.92 Å². The number of aliphatic carboxylic acids is 1. The molecule has 0 aromatic heterocycles. The number of carboxylic acids is 1. The first-order chi connectivity index (χ1) is 20.1. The minimum Gasteiger partial charge on any atom is -0.493 e. The maximum Gasteiger partial charge on any atom is 0.307 e. The summed E-state index contributed by atoms with van der Waals surface area (Å²) in [5, 5.41) is 22.6. The molecule has 7 nitrogen and oxygen atoms in total. The lowest BCUT2D eigenvalue weighted by Gasteiger charge is -2.56. The van der Waals surface area contributed by atoms with Gasteiger partial charge in [-0.05, 0) is 68.8 Å². The molecule has 3 aromatic rings. The van der Waals surface area contributed by atoms with Crippen LogP contribution in [0.1, 0.15) is 28.7 Å². The van der Waals surface area contributed by atoms with Gasteiger partial charge in [0.1, 0.15) is 18.0 Å². The van der Waals surface area contributed by atoms with Gasteiger partial charge < -0.3 is 29.9 Å². The molecule has 3 aromatic carbocycles. The highest BCUT2D eigenvalue weighted by molar-refractivity contribution is 6.33. The molecule has 220 valence electrons. The fourth-order valence-electron chi connectivity index (χ4n) is 7.29. The Morgan fingerprint density at radius 3 is 2.79 bits per heavy atom. The molecule has 1 saturated heterocycles. The molecular formula is C33H34ClFN2O5. The number of halogens is 2. The predicted octanol–water partition coefficient (Wildman–Crippen LogP) is 5.66. The number of ether oxygens (including phenoxy) is 2. The summed E-state index contributed by atoms with van der Waals surface area (Å²) >= 11 is 5.95. The summed E-state index contributed by atoms with van der Waals surface area (Å²) in [7, 11) is 3.91.